The largest absolute Gasteiger partial charge is 0.434 e. The Hall–Kier alpha value is -2.79. The molecule has 3 aromatic rings. The fourth-order valence-electron chi connectivity index (χ4n) is 2.48. The smallest absolute Gasteiger partial charge is 0.299 e. The Morgan fingerprint density at radius 2 is 1.57 bits per heavy atom. The van der Waals surface area contributed by atoms with E-state index in [1.807, 2.05) is 0 Å². The van der Waals surface area contributed by atoms with Crippen LogP contribution < -0.4 is 5.14 Å². The maximum absolute atomic E-state index is 13.9. The fourth-order valence-corrected chi connectivity index (χ4v) is 3.00. The molecule has 0 bridgehead atoms. The number of imidazole rings is 1. The number of primary sulfonamides is 1. The lowest BCUT2D eigenvalue weighted by molar-refractivity contribution is -0.140. The first kappa shape index (κ1) is 20.0. The van der Waals surface area contributed by atoms with E-state index in [9.17, 15) is 30.4 Å². The van der Waals surface area contributed by atoms with E-state index in [-0.39, 0.29) is 27.5 Å². The number of alkyl halides is 3. The van der Waals surface area contributed by atoms with Crippen LogP contribution in [0.25, 0.3) is 17.1 Å². The highest BCUT2D eigenvalue weighted by Crippen LogP contribution is 2.33. The molecule has 0 saturated heterocycles. The number of aromatic nitrogens is 2. The second kappa shape index (κ2) is 6.67. The van der Waals surface area contributed by atoms with Crippen molar-refractivity contribution in [1.29, 1.82) is 0 Å². The average Bonchev–Trinajstić information content (AvgIpc) is 3.04. The van der Waals surface area contributed by atoms with Gasteiger partial charge in [0.1, 0.15) is 17.5 Å². The lowest BCUT2D eigenvalue weighted by atomic mass is 10.1. The Kier molecular flexibility index (Phi) is 4.76. The van der Waals surface area contributed by atoms with Crippen LogP contribution in [0.15, 0.2) is 47.5 Å². The van der Waals surface area contributed by atoms with E-state index in [1.54, 1.807) is 0 Å². The lowest BCUT2D eigenvalue weighted by Crippen LogP contribution is -2.11. The first-order valence-corrected chi connectivity index (χ1v) is 9.18. The number of sulfonamides is 1. The van der Waals surface area contributed by atoms with Crippen molar-refractivity contribution in [3.05, 3.63) is 65.5 Å². The van der Waals surface area contributed by atoms with Crippen molar-refractivity contribution in [3.63, 3.8) is 0 Å². The molecule has 0 amide bonds. The molecular weight excluding hydrogens is 405 g/mol. The molecule has 0 saturated carbocycles. The molecule has 0 aliphatic rings. The van der Waals surface area contributed by atoms with Gasteiger partial charge in [0.25, 0.3) is 0 Å². The monoisotopic (exact) mass is 417 g/mol. The molecule has 0 aliphatic heterocycles. The fraction of sp³-hybridized carbons (Fsp3) is 0.118. The SMILES string of the molecule is Cc1c(F)cc(-n2cc(C(F)(F)F)nc2-c2ccc(S(N)(=O)=O)cc2)cc1F. The zero-order chi connectivity index (χ0) is 20.9. The highest BCUT2D eigenvalue weighted by atomic mass is 32.2. The Balaban J connectivity index is 2.22. The molecule has 0 atom stereocenters. The summed E-state index contributed by atoms with van der Waals surface area (Å²) in [5.74, 6) is -2.16. The maximum atomic E-state index is 13.9. The van der Waals surface area contributed by atoms with Crippen LogP contribution in [0, 0.1) is 18.6 Å². The van der Waals surface area contributed by atoms with Crippen LogP contribution in [0.3, 0.4) is 0 Å². The first-order valence-electron chi connectivity index (χ1n) is 7.64. The zero-order valence-electron chi connectivity index (χ0n) is 14.1. The number of hydrogen-bond acceptors (Lipinski definition) is 3. The van der Waals surface area contributed by atoms with Crippen LogP contribution in [-0.4, -0.2) is 18.0 Å². The van der Waals surface area contributed by atoms with Gasteiger partial charge in [-0.15, -0.1) is 0 Å². The first-order chi connectivity index (χ1) is 12.9. The minimum Gasteiger partial charge on any atom is -0.299 e. The van der Waals surface area contributed by atoms with Gasteiger partial charge < -0.3 is 0 Å². The highest BCUT2D eigenvalue weighted by molar-refractivity contribution is 7.89. The van der Waals surface area contributed by atoms with Crippen molar-refractivity contribution in [2.24, 2.45) is 5.14 Å². The molecule has 2 N–H and O–H groups in total. The van der Waals surface area contributed by atoms with E-state index in [4.69, 9.17) is 5.14 Å². The van der Waals surface area contributed by atoms with Crippen molar-refractivity contribution in [3.8, 4) is 17.1 Å². The Morgan fingerprint density at radius 3 is 2.04 bits per heavy atom. The standard InChI is InChI=1S/C17H12F5N3O2S/c1-9-13(18)6-11(7-14(9)19)25-8-15(17(20,21)22)24-16(25)10-2-4-12(5-3-10)28(23,26)27/h2-8H,1H3,(H2,23,26,27). The lowest BCUT2D eigenvalue weighted by Gasteiger charge is -2.10. The van der Waals surface area contributed by atoms with E-state index in [2.05, 4.69) is 4.98 Å². The third-order valence-electron chi connectivity index (χ3n) is 3.98. The molecule has 0 radical (unpaired) electrons. The van der Waals surface area contributed by atoms with Gasteiger partial charge in [0.15, 0.2) is 5.69 Å². The summed E-state index contributed by atoms with van der Waals surface area (Å²) in [6.07, 6.45) is -4.20. The molecular formula is C17H12F5N3O2S. The Labute approximate surface area is 156 Å². The van der Waals surface area contributed by atoms with Gasteiger partial charge in [0.2, 0.25) is 10.0 Å². The van der Waals surface area contributed by atoms with Gasteiger partial charge in [0, 0.05) is 17.3 Å². The van der Waals surface area contributed by atoms with Gasteiger partial charge in [0.05, 0.1) is 10.6 Å². The molecule has 2 aromatic carbocycles. The summed E-state index contributed by atoms with van der Waals surface area (Å²) in [6, 6.07) is 6.32. The molecule has 0 unspecified atom stereocenters. The van der Waals surface area contributed by atoms with Gasteiger partial charge in [-0.3, -0.25) is 4.57 Å². The summed E-state index contributed by atoms with van der Waals surface area (Å²) in [5, 5.41) is 4.99. The van der Waals surface area contributed by atoms with Crippen LogP contribution in [0.2, 0.25) is 0 Å². The zero-order valence-corrected chi connectivity index (χ0v) is 14.9. The summed E-state index contributed by atoms with van der Waals surface area (Å²) in [6.45, 7) is 1.19. The Bertz CT molecular complexity index is 1130. The predicted molar refractivity (Wildman–Crippen MR) is 90.0 cm³/mol. The van der Waals surface area contributed by atoms with E-state index < -0.39 is 33.5 Å². The highest BCUT2D eigenvalue weighted by Gasteiger charge is 2.35. The number of nitrogens with zero attached hydrogens (tertiary/aromatic N) is 2. The van der Waals surface area contributed by atoms with Crippen LogP contribution in [-0.2, 0) is 16.2 Å². The third-order valence-corrected chi connectivity index (χ3v) is 4.91. The number of halogens is 5. The minimum absolute atomic E-state index is 0.0873. The van der Waals surface area contributed by atoms with Crippen molar-refractivity contribution in [2.45, 2.75) is 18.0 Å². The van der Waals surface area contributed by atoms with Gasteiger partial charge in [-0.2, -0.15) is 13.2 Å². The van der Waals surface area contributed by atoms with E-state index >= 15 is 0 Å². The van der Waals surface area contributed by atoms with Gasteiger partial charge in [-0.25, -0.2) is 27.3 Å². The average molecular weight is 417 g/mol. The molecule has 0 fully saturated rings. The quantitative estimate of drug-likeness (QED) is 0.659. The number of nitrogens with two attached hydrogens (primary N) is 1. The summed E-state index contributed by atoms with van der Waals surface area (Å²) in [5.41, 5.74) is -1.68. The molecule has 28 heavy (non-hydrogen) atoms. The molecule has 1 heterocycles. The molecule has 148 valence electrons. The normalized spacial score (nSPS) is 12.4. The third kappa shape index (κ3) is 3.76. The summed E-state index contributed by atoms with van der Waals surface area (Å²) in [7, 11) is -4.00. The maximum Gasteiger partial charge on any atom is 0.434 e. The van der Waals surface area contributed by atoms with Crippen molar-refractivity contribution in [1.82, 2.24) is 9.55 Å². The second-order valence-electron chi connectivity index (χ2n) is 5.92. The van der Waals surface area contributed by atoms with Crippen LogP contribution in [0.1, 0.15) is 11.3 Å². The minimum atomic E-state index is -4.80. The Morgan fingerprint density at radius 1 is 1.04 bits per heavy atom. The number of benzene rings is 2. The molecule has 0 aliphatic carbocycles. The van der Waals surface area contributed by atoms with Gasteiger partial charge in [-0.1, -0.05) is 0 Å². The number of rotatable bonds is 3. The summed E-state index contributed by atoms with van der Waals surface area (Å²) < 4.78 is 90.8. The van der Waals surface area contributed by atoms with Crippen LogP contribution in [0.5, 0.6) is 0 Å². The second-order valence-corrected chi connectivity index (χ2v) is 7.48. The van der Waals surface area contributed by atoms with Crippen molar-refractivity contribution in [2.75, 3.05) is 0 Å². The van der Waals surface area contributed by atoms with Gasteiger partial charge >= 0.3 is 6.18 Å². The molecule has 0 spiro atoms. The van der Waals surface area contributed by atoms with Crippen LogP contribution >= 0.6 is 0 Å². The predicted octanol–water partition coefficient (Wildman–Crippen LogP) is 3.79. The van der Waals surface area contributed by atoms with E-state index in [1.165, 1.54) is 19.1 Å². The van der Waals surface area contributed by atoms with E-state index in [0.717, 1.165) is 28.8 Å². The van der Waals surface area contributed by atoms with Crippen molar-refractivity contribution < 1.29 is 30.4 Å². The molecule has 5 nitrogen and oxygen atoms in total. The van der Waals surface area contributed by atoms with E-state index in [0.29, 0.717) is 6.20 Å². The summed E-state index contributed by atoms with van der Waals surface area (Å²) in [4.78, 5) is 3.26. The topological polar surface area (TPSA) is 78.0 Å². The molecule has 11 heteroatoms. The summed E-state index contributed by atoms with van der Waals surface area (Å²) >= 11 is 0. The molecule has 1 aromatic heterocycles. The van der Waals surface area contributed by atoms with Gasteiger partial charge in [-0.05, 0) is 43.3 Å². The molecule has 3 rings (SSSR count). The number of hydrogen-bond donors (Lipinski definition) is 1. The van der Waals surface area contributed by atoms with Crippen molar-refractivity contribution >= 4 is 10.0 Å². The van der Waals surface area contributed by atoms with Crippen LogP contribution in [0.4, 0.5) is 22.0 Å².